The number of ether oxygens (including phenoxy) is 1. The Labute approximate surface area is 107 Å². The summed E-state index contributed by atoms with van der Waals surface area (Å²) in [4.78, 5) is 10.6. The molecule has 0 atom stereocenters. The van der Waals surface area contributed by atoms with E-state index >= 15 is 0 Å². The molecule has 0 aliphatic carbocycles. The van der Waals surface area contributed by atoms with E-state index in [-0.39, 0.29) is 5.57 Å². The molecule has 0 saturated carbocycles. The smallest absolute Gasteiger partial charge is 0.346 e. The highest BCUT2D eigenvalue weighted by molar-refractivity contribution is 9.09. The van der Waals surface area contributed by atoms with Crippen molar-refractivity contribution >= 4 is 28.0 Å². The van der Waals surface area contributed by atoms with Crippen molar-refractivity contribution in [3.8, 4) is 11.8 Å². The molecule has 0 bridgehead atoms. The lowest BCUT2D eigenvalue weighted by molar-refractivity contribution is -0.132. The number of carbonyl (C=O) groups is 1. The predicted molar refractivity (Wildman–Crippen MR) is 67.0 cm³/mol. The van der Waals surface area contributed by atoms with Crippen molar-refractivity contribution in [1.29, 1.82) is 5.26 Å². The number of hydrogen-bond acceptors (Lipinski definition) is 3. The highest BCUT2D eigenvalue weighted by atomic mass is 79.9. The van der Waals surface area contributed by atoms with Gasteiger partial charge in [0.25, 0.3) is 0 Å². The third-order valence-electron chi connectivity index (χ3n) is 1.89. The van der Waals surface area contributed by atoms with Crippen LogP contribution in [0.25, 0.3) is 6.08 Å². The third kappa shape index (κ3) is 4.29. The molecule has 17 heavy (non-hydrogen) atoms. The van der Waals surface area contributed by atoms with E-state index in [4.69, 9.17) is 15.1 Å². The molecular formula is C12H10BrNO3. The molecule has 0 spiro atoms. The molecule has 1 aromatic rings. The van der Waals surface area contributed by atoms with Gasteiger partial charge in [0.05, 0.1) is 6.61 Å². The zero-order chi connectivity index (χ0) is 12.7. The van der Waals surface area contributed by atoms with E-state index in [2.05, 4.69) is 15.9 Å². The van der Waals surface area contributed by atoms with E-state index in [9.17, 15) is 4.79 Å². The Bertz CT molecular complexity index is 460. The SMILES string of the molecule is N#C/C(=C\c1ccc(OCCBr)cc1)C(=O)O. The van der Waals surface area contributed by atoms with Gasteiger partial charge in [0.2, 0.25) is 0 Å². The Balaban J connectivity index is 2.81. The van der Waals surface area contributed by atoms with E-state index < -0.39 is 5.97 Å². The molecule has 0 unspecified atom stereocenters. The second kappa shape index (κ2) is 6.71. The molecule has 0 aromatic heterocycles. The minimum atomic E-state index is -1.23. The molecule has 88 valence electrons. The summed E-state index contributed by atoms with van der Waals surface area (Å²) < 4.78 is 5.34. The number of alkyl halides is 1. The maximum absolute atomic E-state index is 10.6. The highest BCUT2D eigenvalue weighted by Gasteiger charge is 2.05. The van der Waals surface area contributed by atoms with Gasteiger partial charge in [0, 0.05) is 5.33 Å². The summed E-state index contributed by atoms with van der Waals surface area (Å²) in [6.07, 6.45) is 1.32. The van der Waals surface area contributed by atoms with Gasteiger partial charge in [-0.05, 0) is 23.8 Å². The zero-order valence-electron chi connectivity index (χ0n) is 8.89. The van der Waals surface area contributed by atoms with Crippen LogP contribution in [0.2, 0.25) is 0 Å². The second-order valence-electron chi connectivity index (χ2n) is 3.08. The topological polar surface area (TPSA) is 70.3 Å². The van der Waals surface area contributed by atoms with Crippen LogP contribution in [0.15, 0.2) is 29.8 Å². The molecule has 0 fully saturated rings. The van der Waals surface area contributed by atoms with Gasteiger partial charge in [-0.25, -0.2) is 4.79 Å². The van der Waals surface area contributed by atoms with Crippen molar-refractivity contribution in [2.24, 2.45) is 0 Å². The van der Waals surface area contributed by atoms with Gasteiger partial charge in [-0.3, -0.25) is 0 Å². The standard InChI is InChI=1S/C12H10BrNO3/c13-5-6-17-11-3-1-9(2-4-11)7-10(8-14)12(15)16/h1-4,7H,5-6H2,(H,15,16)/b10-7+. The molecule has 1 aromatic carbocycles. The van der Waals surface area contributed by atoms with Crippen LogP contribution < -0.4 is 4.74 Å². The van der Waals surface area contributed by atoms with E-state index in [1.807, 2.05) is 0 Å². The summed E-state index contributed by atoms with van der Waals surface area (Å²) in [5.41, 5.74) is 0.356. The molecule has 4 nitrogen and oxygen atoms in total. The van der Waals surface area contributed by atoms with Gasteiger partial charge in [-0.1, -0.05) is 28.1 Å². The molecule has 5 heteroatoms. The number of carboxylic acids is 1. The van der Waals surface area contributed by atoms with Crippen molar-refractivity contribution in [2.45, 2.75) is 0 Å². The number of rotatable bonds is 5. The van der Waals surface area contributed by atoms with Crippen LogP contribution in [0.4, 0.5) is 0 Å². The number of aliphatic carboxylic acids is 1. The summed E-state index contributed by atoms with van der Waals surface area (Å²) >= 11 is 3.24. The first kappa shape index (κ1) is 13.3. The lowest BCUT2D eigenvalue weighted by atomic mass is 10.1. The largest absolute Gasteiger partial charge is 0.493 e. The van der Waals surface area contributed by atoms with Crippen molar-refractivity contribution in [3.63, 3.8) is 0 Å². The lowest BCUT2D eigenvalue weighted by Gasteiger charge is -2.03. The lowest BCUT2D eigenvalue weighted by Crippen LogP contribution is -1.98. The van der Waals surface area contributed by atoms with Crippen LogP contribution in [0.1, 0.15) is 5.56 Å². The van der Waals surface area contributed by atoms with Crippen molar-refractivity contribution < 1.29 is 14.6 Å². The predicted octanol–water partition coefficient (Wildman–Crippen LogP) is 2.45. The van der Waals surface area contributed by atoms with E-state index in [0.717, 1.165) is 5.33 Å². The molecular weight excluding hydrogens is 286 g/mol. The van der Waals surface area contributed by atoms with Gasteiger partial charge < -0.3 is 9.84 Å². The summed E-state index contributed by atoms with van der Waals surface area (Å²) in [7, 11) is 0. The Kier molecular flexibility index (Phi) is 5.24. The van der Waals surface area contributed by atoms with Crippen LogP contribution in [0, 0.1) is 11.3 Å². The fourth-order valence-electron chi connectivity index (χ4n) is 1.13. The molecule has 0 heterocycles. The van der Waals surface area contributed by atoms with Gasteiger partial charge >= 0.3 is 5.97 Å². The minimum absolute atomic E-state index is 0.292. The van der Waals surface area contributed by atoms with E-state index in [1.165, 1.54) is 6.08 Å². The molecule has 0 saturated heterocycles. The summed E-state index contributed by atoms with van der Waals surface area (Å²) in [5, 5.41) is 18.0. The molecule has 0 radical (unpaired) electrons. The van der Waals surface area contributed by atoms with Crippen LogP contribution in [-0.2, 0) is 4.79 Å². The average Bonchev–Trinajstić information content (AvgIpc) is 2.34. The van der Waals surface area contributed by atoms with Crippen molar-refractivity contribution in [1.82, 2.24) is 0 Å². The Morgan fingerprint density at radius 1 is 1.47 bits per heavy atom. The summed E-state index contributed by atoms with van der Waals surface area (Å²) in [6.45, 7) is 0.563. The van der Waals surface area contributed by atoms with Gasteiger partial charge in [-0.15, -0.1) is 0 Å². The Morgan fingerprint density at radius 3 is 2.59 bits per heavy atom. The molecule has 0 aliphatic heterocycles. The molecule has 0 amide bonds. The van der Waals surface area contributed by atoms with Crippen LogP contribution in [-0.4, -0.2) is 23.0 Å². The number of carboxylic acid groups (broad SMARTS) is 1. The first-order valence-electron chi connectivity index (χ1n) is 4.81. The fraction of sp³-hybridized carbons (Fsp3) is 0.167. The maximum Gasteiger partial charge on any atom is 0.346 e. The van der Waals surface area contributed by atoms with Gasteiger partial charge in [0.15, 0.2) is 0 Å². The number of nitrogens with zero attached hydrogens (tertiary/aromatic N) is 1. The summed E-state index contributed by atoms with van der Waals surface area (Å²) in [5.74, 6) is -0.525. The Morgan fingerprint density at radius 2 is 2.12 bits per heavy atom. The normalized spacial score (nSPS) is 10.7. The maximum atomic E-state index is 10.6. The average molecular weight is 296 g/mol. The fourth-order valence-corrected chi connectivity index (χ4v) is 1.29. The van der Waals surface area contributed by atoms with Gasteiger partial charge in [0.1, 0.15) is 17.4 Å². The van der Waals surface area contributed by atoms with Crippen LogP contribution >= 0.6 is 15.9 Å². The Hall–Kier alpha value is -1.80. The molecule has 1 rings (SSSR count). The van der Waals surface area contributed by atoms with Gasteiger partial charge in [-0.2, -0.15) is 5.26 Å². The van der Waals surface area contributed by atoms with Crippen LogP contribution in [0.5, 0.6) is 5.75 Å². The first-order valence-corrected chi connectivity index (χ1v) is 5.93. The summed E-state index contributed by atoms with van der Waals surface area (Å²) in [6, 6.07) is 8.47. The van der Waals surface area contributed by atoms with Crippen LogP contribution in [0.3, 0.4) is 0 Å². The quantitative estimate of drug-likeness (QED) is 0.515. The monoisotopic (exact) mass is 295 g/mol. The molecule has 1 N–H and O–H groups in total. The number of halogens is 1. The van der Waals surface area contributed by atoms with Crippen molar-refractivity contribution in [3.05, 3.63) is 35.4 Å². The zero-order valence-corrected chi connectivity index (χ0v) is 10.5. The second-order valence-corrected chi connectivity index (χ2v) is 3.87. The van der Waals surface area contributed by atoms with Crippen molar-refractivity contribution in [2.75, 3.05) is 11.9 Å². The number of hydrogen-bond donors (Lipinski definition) is 1. The number of benzene rings is 1. The molecule has 0 aliphatic rings. The van der Waals surface area contributed by atoms with E-state index in [1.54, 1.807) is 30.3 Å². The minimum Gasteiger partial charge on any atom is -0.493 e. The first-order chi connectivity index (χ1) is 8.17. The number of nitriles is 1. The highest BCUT2D eigenvalue weighted by Crippen LogP contribution is 2.14. The third-order valence-corrected chi connectivity index (χ3v) is 2.21. The van der Waals surface area contributed by atoms with E-state index in [0.29, 0.717) is 17.9 Å².